The van der Waals surface area contributed by atoms with Gasteiger partial charge in [-0.25, -0.2) is 0 Å². The molecule has 0 unspecified atom stereocenters. The molecule has 0 fully saturated rings. The molecule has 0 aliphatic heterocycles. The van der Waals surface area contributed by atoms with Crippen LogP contribution in [-0.2, 0) is 0 Å². The van der Waals surface area contributed by atoms with E-state index in [1.54, 1.807) is 0 Å². The van der Waals surface area contributed by atoms with Gasteiger partial charge in [0.2, 0.25) is 0 Å². The Morgan fingerprint density at radius 2 is 1.38 bits per heavy atom. The lowest BCUT2D eigenvalue weighted by atomic mass is 10.1. The van der Waals surface area contributed by atoms with Gasteiger partial charge in [0, 0.05) is 0 Å². The van der Waals surface area contributed by atoms with Crippen LogP contribution in [0.4, 0.5) is 0 Å². The van der Waals surface area contributed by atoms with Crippen molar-refractivity contribution in [2.24, 2.45) is 0 Å². The lowest BCUT2D eigenvalue weighted by molar-refractivity contribution is 0.720. The average Bonchev–Trinajstić information content (AvgIpc) is 2.16. The summed E-state index contributed by atoms with van der Waals surface area (Å²) >= 11 is 0. The van der Waals surface area contributed by atoms with Gasteiger partial charge < -0.3 is 0 Å². The fraction of sp³-hybridized carbons (Fsp3) is 0.769. The van der Waals surface area contributed by atoms with Crippen molar-refractivity contribution >= 4 is 0 Å². The Labute approximate surface area is 84.4 Å². The molecule has 0 N–H and O–H groups in total. The van der Waals surface area contributed by atoms with Crippen molar-refractivity contribution in [1.29, 1.82) is 0 Å². The Morgan fingerprint density at radius 3 is 2.08 bits per heavy atom. The molecule has 0 saturated carbocycles. The van der Waals surface area contributed by atoms with E-state index in [-0.39, 0.29) is 0 Å². The second kappa shape index (κ2) is 11.7. The Bertz CT molecular complexity index is 103. The van der Waals surface area contributed by atoms with E-state index in [0.29, 0.717) is 0 Å². The second-order valence-electron chi connectivity index (χ2n) is 3.62. The summed E-state index contributed by atoms with van der Waals surface area (Å²) in [4.78, 5) is 0. The van der Waals surface area contributed by atoms with Crippen molar-refractivity contribution in [2.75, 3.05) is 0 Å². The standard InChI is InChI=1S/C13H25/c1-3-5-7-9-11-13-12-10-8-6-4-2/h7,9-10H,3-6,8,11-13H2,1-2H3/b9-7-. The highest BCUT2D eigenvalue weighted by Gasteiger charge is 1.87. The molecule has 0 aliphatic carbocycles. The third kappa shape index (κ3) is 11.7. The van der Waals surface area contributed by atoms with Gasteiger partial charge in [0.05, 0.1) is 0 Å². The van der Waals surface area contributed by atoms with Crippen molar-refractivity contribution in [3.05, 3.63) is 18.6 Å². The molecule has 0 aromatic carbocycles. The highest BCUT2D eigenvalue weighted by atomic mass is 13.9. The van der Waals surface area contributed by atoms with Crippen LogP contribution < -0.4 is 0 Å². The smallest absolute Gasteiger partial charge is 0.0351 e. The maximum absolute atomic E-state index is 2.44. The summed E-state index contributed by atoms with van der Waals surface area (Å²) < 4.78 is 0. The molecule has 0 atom stereocenters. The predicted molar refractivity (Wildman–Crippen MR) is 61.7 cm³/mol. The Morgan fingerprint density at radius 1 is 0.692 bits per heavy atom. The van der Waals surface area contributed by atoms with E-state index < -0.39 is 0 Å². The van der Waals surface area contributed by atoms with Gasteiger partial charge in [-0.3, -0.25) is 0 Å². The Balaban J connectivity index is 2.91. The predicted octanol–water partition coefficient (Wildman–Crippen LogP) is 4.91. The SMILES string of the molecule is CCC/C=C\CCC[CH]CCCC. The van der Waals surface area contributed by atoms with Crippen LogP contribution in [0, 0.1) is 6.42 Å². The number of hydrogen-bond donors (Lipinski definition) is 0. The maximum Gasteiger partial charge on any atom is -0.0351 e. The van der Waals surface area contributed by atoms with Gasteiger partial charge in [0.25, 0.3) is 0 Å². The summed E-state index contributed by atoms with van der Waals surface area (Å²) in [7, 11) is 0. The van der Waals surface area contributed by atoms with Gasteiger partial charge in [-0.05, 0) is 32.1 Å². The topological polar surface area (TPSA) is 0 Å². The van der Waals surface area contributed by atoms with Crippen molar-refractivity contribution < 1.29 is 0 Å². The van der Waals surface area contributed by atoms with E-state index in [2.05, 4.69) is 32.4 Å². The minimum atomic E-state index is 1.25. The molecule has 1 radical (unpaired) electrons. The largest absolute Gasteiger partial charge is 0.0885 e. The molecular weight excluding hydrogens is 156 g/mol. The first-order valence-corrected chi connectivity index (χ1v) is 5.88. The quantitative estimate of drug-likeness (QED) is 0.350. The van der Waals surface area contributed by atoms with E-state index in [1.165, 1.54) is 51.4 Å². The molecule has 0 aromatic heterocycles. The summed E-state index contributed by atoms with van der Waals surface area (Å²) in [6, 6.07) is 0. The fourth-order valence-electron chi connectivity index (χ4n) is 1.28. The van der Waals surface area contributed by atoms with E-state index in [0.717, 1.165) is 0 Å². The molecular formula is C13H25. The van der Waals surface area contributed by atoms with Crippen LogP contribution in [0.3, 0.4) is 0 Å². The van der Waals surface area contributed by atoms with Gasteiger partial charge in [0.1, 0.15) is 0 Å². The first-order valence-electron chi connectivity index (χ1n) is 5.88. The second-order valence-corrected chi connectivity index (χ2v) is 3.62. The van der Waals surface area contributed by atoms with Crippen LogP contribution in [0.25, 0.3) is 0 Å². The van der Waals surface area contributed by atoms with Crippen molar-refractivity contribution in [3.63, 3.8) is 0 Å². The molecule has 0 aliphatic rings. The van der Waals surface area contributed by atoms with Gasteiger partial charge in [-0.2, -0.15) is 0 Å². The third-order valence-corrected chi connectivity index (χ3v) is 2.16. The van der Waals surface area contributed by atoms with E-state index in [1.807, 2.05) is 0 Å². The maximum atomic E-state index is 2.44. The molecule has 0 rings (SSSR count). The molecule has 0 aromatic rings. The average molecular weight is 181 g/mol. The minimum absolute atomic E-state index is 1.25. The fourth-order valence-corrected chi connectivity index (χ4v) is 1.28. The van der Waals surface area contributed by atoms with Crippen LogP contribution >= 0.6 is 0 Å². The number of hydrogen-bond acceptors (Lipinski definition) is 0. The molecule has 0 heterocycles. The van der Waals surface area contributed by atoms with Crippen molar-refractivity contribution in [1.82, 2.24) is 0 Å². The van der Waals surface area contributed by atoms with E-state index in [4.69, 9.17) is 0 Å². The van der Waals surface area contributed by atoms with Crippen LogP contribution in [0.5, 0.6) is 0 Å². The van der Waals surface area contributed by atoms with Gasteiger partial charge in [-0.1, -0.05) is 51.7 Å². The Hall–Kier alpha value is -0.260. The summed E-state index contributed by atoms with van der Waals surface area (Å²) in [5.41, 5.74) is 0. The zero-order valence-corrected chi connectivity index (χ0v) is 9.39. The normalized spacial score (nSPS) is 11.2. The third-order valence-electron chi connectivity index (χ3n) is 2.16. The molecule has 0 heteroatoms. The monoisotopic (exact) mass is 181 g/mol. The molecule has 13 heavy (non-hydrogen) atoms. The van der Waals surface area contributed by atoms with Crippen LogP contribution in [0.15, 0.2) is 12.2 Å². The number of allylic oxidation sites excluding steroid dienone is 2. The lowest BCUT2D eigenvalue weighted by Gasteiger charge is -1.96. The molecule has 0 nitrogen and oxygen atoms in total. The summed E-state index contributed by atoms with van der Waals surface area (Å²) in [5.74, 6) is 0. The molecule has 0 spiro atoms. The van der Waals surface area contributed by atoms with Crippen molar-refractivity contribution in [3.8, 4) is 0 Å². The summed E-state index contributed by atoms with van der Waals surface area (Å²) in [5, 5.41) is 0. The first kappa shape index (κ1) is 12.7. The minimum Gasteiger partial charge on any atom is -0.0885 e. The number of unbranched alkanes of at least 4 members (excludes halogenated alkanes) is 7. The first-order chi connectivity index (χ1) is 6.41. The van der Waals surface area contributed by atoms with Gasteiger partial charge in [0.15, 0.2) is 0 Å². The number of rotatable bonds is 9. The van der Waals surface area contributed by atoms with E-state index >= 15 is 0 Å². The Kier molecular flexibility index (Phi) is 11.5. The molecule has 0 saturated heterocycles. The lowest BCUT2D eigenvalue weighted by Crippen LogP contribution is -1.78. The molecule has 0 bridgehead atoms. The van der Waals surface area contributed by atoms with Gasteiger partial charge >= 0.3 is 0 Å². The van der Waals surface area contributed by atoms with E-state index in [9.17, 15) is 0 Å². The van der Waals surface area contributed by atoms with Crippen LogP contribution in [-0.4, -0.2) is 0 Å². The summed E-state index contributed by atoms with van der Waals surface area (Å²) in [6.45, 7) is 4.48. The zero-order chi connectivity index (χ0) is 9.78. The summed E-state index contributed by atoms with van der Waals surface area (Å²) in [6.07, 6.45) is 17.5. The molecule has 77 valence electrons. The molecule has 0 amide bonds. The zero-order valence-electron chi connectivity index (χ0n) is 9.39. The van der Waals surface area contributed by atoms with Crippen LogP contribution in [0.1, 0.15) is 65.2 Å². The highest BCUT2D eigenvalue weighted by Crippen LogP contribution is 2.06. The van der Waals surface area contributed by atoms with Gasteiger partial charge in [-0.15, -0.1) is 0 Å². The van der Waals surface area contributed by atoms with Crippen molar-refractivity contribution in [2.45, 2.75) is 65.2 Å². The van der Waals surface area contributed by atoms with Crippen LogP contribution in [0.2, 0.25) is 0 Å². The highest BCUT2D eigenvalue weighted by molar-refractivity contribution is 4.81.